The van der Waals surface area contributed by atoms with Gasteiger partial charge >= 0.3 is 5.97 Å². The number of fused-ring (bicyclic) bond motifs is 1. The van der Waals surface area contributed by atoms with Gasteiger partial charge in [-0.3, -0.25) is 9.59 Å². The number of carbonyl (C=O) groups is 2. The molecule has 0 aliphatic heterocycles. The molecular weight excluding hydrogens is 280 g/mol. The van der Waals surface area contributed by atoms with E-state index in [1.165, 1.54) is 6.92 Å². The van der Waals surface area contributed by atoms with Gasteiger partial charge in [-0.05, 0) is 38.3 Å². The zero-order valence-electron chi connectivity index (χ0n) is 14.4. The standard InChI is InChI=1S/C18H24O4/c1-9(2)12-8-13(21-7)10(3)14-15(12)17(22-11(4)19)18(5,6)16(14)20/h8-9,17H,1-7H3/t17-/m0/s1. The van der Waals surface area contributed by atoms with Crippen LogP contribution in [-0.2, 0) is 9.53 Å². The molecule has 2 rings (SSSR count). The molecule has 1 atom stereocenters. The number of ketones is 1. The smallest absolute Gasteiger partial charge is 0.303 e. The highest BCUT2D eigenvalue weighted by molar-refractivity contribution is 6.07. The first-order valence-electron chi connectivity index (χ1n) is 7.56. The summed E-state index contributed by atoms with van der Waals surface area (Å²) in [5, 5.41) is 0. The van der Waals surface area contributed by atoms with Gasteiger partial charge in [-0.15, -0.1) is 0 Å². The molecule has 1 aromatic rings. The maximum Gasteiger partial charge on any atom is 0.303 e. The summed E-state index contributed by atoms with van der Waals surface area (Å²) in [5.74, 6) is 0.534. The average Bonchev–Trinajstić information content (AvgIpc) is 2.60. The van der Waals surface area contributed by atoms with Crippen LogP contribution in [0.4, 0.5) is 0 Å². The molecule has 0 radical (unpaired) electrons. The SMILES string of the molecule is COc1cc(C(C)C)c2c(c1C)C(=O)C(C)(C)[C@H]2OC(C)=O. The minimum absolute atomic E-state index is 0.00653. The number of ether oxygens (including phenoxy) is 2. The van der Waals surface area contributed by atoms with Crippen molar-refractivity contribution in [2.75, 3.05) is 7.11 Å². The van der Waals surface area contributed by atoms with Crippen LogP contribution in [-0.4, -0.2) is 18.9 Å². The second-order valence-corrected chi connectivity index (χ2v) is 6.78. The van der Waals surface area contributed by atoms with Gasteiger partial charge in [0.2, 0.25) is 0 Å². The van der Waals surface area contributed by atoms with Crippen LogP contribution in [0.1, 0.15) is 73.7 Å². The molecule has 0 unspecified atom stereocenters. The molecule has 1 aliphatic carbocycles. The van der Waals surface area contributed by atoms with Crippen molar-refractivity contribution in [1.82, 2.24) is 0 Å². The Morgan fingerprint density at radius 3 is 2.36 bits per heavy atom. The highest BCUT2D eigenvalue weighted by Crippen LogP contribution is 2.52. The van der Waals surface area contributed by atoms with Crippen LogP contribution in [0.5, 0.6) is 5.75 Å². The lowest BCUT2D eigenvalue weighted by atomic mass is 9.85. The lowest BCUT2D eigenvalue weighted by Crippen LogP contribution is -2.27. The summed E-state index contributed by atoms with van der Waals surface area (Å²) in [6.07, 6.45) is -0.547. The fourth-order valence-electron chi connectivity index (χ4n) is 3.24. The second-order valence-electron chi connectivity index (χ2n) is 6.78. The normalized spacial score (nSPS) is 19.3. The molecular formula is C18H24O4. The lowest BCUT2D eigenvalue weighted by Gasteiger charge is -2.27. The fraction of sp³-hybridized carbons (Fsp3) is 0.556. The zero-order chi connectivity index (χ0) is 16.8. The number of Topliss-reactive ketones (excluding diaryl/α,β-unsaturated/α-hetero) is 1. The van der Waals surface area contributed by atoms with E-state index in [2.05, 4.69) is 13.8 Å². The quantitative estimate of drug-likeness (QED) is 0.793. The summed E-state index contributed by atoms with van der Waals surface area (Å²) in [5.41, 5.74) is 2.55. The highest BCUT2D eigenvalue weighted by atomic mass is 16.5. The molecule has 1 aromatic carbocycles. The third kappa shape index (κ3) is 2.31. The van der Waals surface area contributed by atoms with Crippen molar-refractivity contribution in [2.24, 2.45) is 5.41 Å². The number of methoxy groups -OCH3 is 1. The van der Waals surface area contributed by atoms with E-state index in [-0.39, 0.29) is 17.7 Å². The van der Waals surface area contributed by atoms with E-state index in [9.17, 15) is 9.59 Å². The lowest BCUT2D eigenvalue weighted by molar-refractivity contribution is -0.150. The molecule has 0 fully saturated rings. The number of esters is 1. The number of benzene rings is 1. The molecule has 0 amide bonds. The Hall–Kier alpha value is -1.84. The van der Waals surface area contributed by atoms with E-state index in [4.69, 9.17) is 9.47 Å². The Balaban J connectivity index is 2.81. The van der Waals surface area contributed by atoms with Crippen molar-refractivity contribution in [3.8, 4) is 5.75 Å². The molecule has 4 nitrogen and oxygen atoms in total. The van der Waals surface area contributed by atoms with Crippen molar-refractivity contribution in [2.45, 2.75) is 53.6 Å². The Kier molecular flexibility index (Phi) is 4.07. The summed E-state index contributed by atoms with van der Waals surface area (Å²) in [6.45, 7) is 11.0. The Bertz CT molecular complexity index is 641. The van der Waals surface area contributed by atoms with Crippen molar-refractivity contribution in [1.29, 1.82) is 0 Å². The third-order valence-electron chi connectivity index (χ3n) is 4.47. The second kappa shape index (κ2) is 5.41. The van der Waals surface area contributed by atoms with Crippen LogP contribution in [0.25, 0.3) is 0 Å². The van der Waals surface area contributed by atoms with Gasteiger partial charge in [0.15, 0.2) is 5.78 Å². The Labute approximate surface area is 131 Å². The van der Waals surface area contributed by atoms with Gasteiger partial charge in [0.1, 0.15) is 11.9 Å². The maximum absolute atomic E-state index is 12.9. The van der Waals surface area contributed by atoms with E-state index in [0.29, 0.717) is 11.3 Å². The molecule has 0 saturated carbocycles. The molecule has 0 spiro atoms. The molecule has 0 saturated heterocycles. The van der Waals surface area contributed by atoms with E-state index in [1.807, 2.05) is 26.8 Å². The van der Waals surface area contributed by atoms with Crippen LogP contribution in [0.15, 0.2) is 6.07 Å². The molecule has 120 valence electrons. The van der Waals surface area contributed by atoms with Gasteiger partial charge in [0.25, 0.3) is 0 Å². The molecule has 0 N–H and O–H groups in total. The van der Waals surface area contributed by atoms with Crippen molar-refractivity contribution in [3.63, 3.8) is 0 Å². The largest absolute Gasteiger partial charge is 0.496 e. The average molecular weight is 304 g/mol. The molecule has 22 heavy (non-hydrogen) atoms. The minimum atomic E-state index is -0.769. The molecule has 0 aromatic heterocycles. The van der Waals surface area contributed by atoms with Crippen molar-refractivity contribution in [3.05, 3.63) is 28.3 Å². The fourth-order valence-corrected chi connectivity index (χ4v) is 3.24. The molecule has 0 bridgehead atoms. The predicted molar refractivity (Wildman–Crippen MR) is 84.4 cm³/mol. The van der Waals surface area contributed by atoms with Gasteiger partial charge in [0, 0.05) is 23.6 Å². The van der Waals surface area contributed by atoms with Crippen LogP contribution in [0.2, 0.25) is 0 Å². The summed E-state index contributed by atoms with van der Waals surface area (Å²) < 4.78 is 11.0. The van der Waals surface area contributed by atoms with Gasteiger partial charge in [-0.2, -0.15) is 0 Å². The highest BCUT2D eigenvalue weighted by Gasteiger charge is 2.51. The number of rotatable bonds is 3. The summed E-state index contributed by atoms with van der Waals surface area (Å²) in [4.78, 5) is 24.5. The number of carbonyl (C=O) groups excluding carboxylic acids is 2. The summed E-state index contributed by atoms with van der Waals surface area (Å²) in [7, 11) is 1.60. The van der Waals surface area contributed by atoms with Gasteiger partial charge in [0.05, 0.1) is 12.5 Å². The first-order chi connectivity index (χ1) is 10.1. The first-order valence-corrected chi connectivity index (χ1v) is 7.56. The molecule has 0 heterocycles. The van der Waals surface area contributed by atoms with E-state index >= 15 is 0 Å². The number of hydrogen-bond acceptors (Lipinski definition) is 4. The Morgan fingerprint density at radius 1 is 1.32 bits per heavy atom. The topological polar surface area (TPSA) is 52.6 Å². The van der Waals surface area contributed by atoms with Crippen LogP contribution in [0, 0.1) is 12.3 Å². The van der Waals surface area contributed by atoms with Gasteiger partial charge in [-0.1, -0.05) is 13.8 Å². The maximum atomic E-state index is 12.9. The van der Waals surface area contributed by atoms with E-state index in [1.54, 1.807) is 7.11 Å². The van der Waals surface area contributed by atoms with Crippen molar-refractivity contribution >= 4 is 11.8 Å². The van der Waals surface area contributed by atoms with Crippen molar-refractivity contribution < 1.29 is 19.1 Å². The number of hydrogen-bond donors (Lipinski definition) is 0. The zero-order valence-corrected chi connectivity index (χ0v) is 14.4. The monoisotopic (exact) mass is 304 g/mol. The Morgan fingerprint density at radius 2 is 1.91 bits per heavy atom. The summed E-state index contributed by atoms with van der Waals surface area (Å²) in [6, 6.07) is 1.96. The third-order valence-corrected chi connectivity index (χ3v) is 4.47. The minimum Gasteiger partial charge on any atom is -0.496 e. The van der Waals surface area contributed by atoms with Crippen LogP contribution >= 0.6 is 0 Å². The van der Waals surface area contributed by atoms with E-state index < -0.39 is 11.5 Å². The molecule has 4 heteroatoms. The van der Waals surface area contributed by atoms with E-state index in [0.717, 1.165) is 16.7 Å². The predicted octanol–water partition coefficient (Wildman–Crippen LogP) is 3.95. The molecule has 1 aliphatic rings. The van der Waals surface area contributed by atoms with Crippen LogP contribution < -0.4 is 4.74 Å². The first kappa shape index (κ1) is 16.5. The van der Waals surface area contributed by atoms with Gasteiger partial charge in [-0.25, -0.2) is 0 Å². The summed E-state index contributed by atoms with van der Waals surface area (Å²) >= 11 is 0. The van der Waals surface area contributed by atoms with Crippen LogP contribution in [0.3, 0.4) is 0 Å². The van der Waals surface area contributed by atoms with Gasteiger partial charge < -0.3 is 9.47 Å².